The highest BCUT2D eigenvalue weighted by atomic mass is 35.5. The summed E-state index contributed by atoms with van der Waals surface area (Å²) in [5.74, 6) is 0. The molecule has 0 aliphatic carbocycles. The van der Waals surface area contributed by atoms with Crippen LogP contribution in [0.2, 0.25) is 5.02 Å². The van der Waals surface area contributed by atoms with Crippen molar-refractivity contribution in [3.63, 3.8) is 0 Å². The van der Waals surface area contributed by atoms with Crippen LogP contribution in [-0.2, 0) is 4.74 Å². The van der Waals surface area contributed by atoms with Gasteiger partial charge in [0.1, 0.15) is 0 Å². The minimum absolute atomic E-state index is 0.280. The molecule has 1 aromatic carbocycles. The highest BCUT2D eigenvalue weighted by molar-refractivity contribution is 6.30. The van der Waals surface area contributed by atoms with Crippen LogP contribution in [0.1, 0.15) is 25.0 Å². The van der Waals surface area contributed by atoms with Crippen molar-refractivity contribution in [1.29, 1.82) is 0 Å². The molecule has 1 aromatic rings. The maximum Gasteiger partial charge on any atom is 0.0914 e. The van der Waals surface area contributed by atoms with E-state index in [0.717, 1.165) is 12.0 Å². The highest BCUT2D eigenvalue weighted by Crippen LogP contribution is 2.15. The molecule has 3 nitrogen and oxygen atoms in total. The van der Waals surface area contributed by atoms with E-state index >= 15 is 0 Å². The molecule has 4 heteroatoms. The number of halogens is 1. The number of methoxy groups -OCH3 is 1. The van der Waals surface area contributed by atoms with E-state index < -0.39 is 6.10 Å². The van der Waals surface area contributed by atoms with Crippen molar-refractivity contribution in [2.75, 3.05) is 20.3 Å². The molecule has 0 heterocycles. The maximum atomic E-state index is 9.98. The molecule has 2 unspecified atom stereocenters. The number of nitrogens with one attached hydrogen (secondary N) is 1. The van der Waals surface area contributed by atoms with Crippen molar-refractivity contribution in [2.45, 2.75) is 25.5 Å². The summed E-state index contributed by atoms with van der Waals surface area (Å²) in [7, 11) is 1.68. The van der Waals surface area contributed by atoms with Crippen molar-refractivity contribution >= 4 is 11.6 Å². The van der Waals surface area contributed by atoms with Crippen LogP contribution in [0.5, 0.6) is 0 Å². The van der Waals surface area contributed by atoms with Gasteiger partial charge in [0.15, 0.2) is 0 Å². The number of hydrogen-bond acceptors (Lipinski definition) is 3. The Balaban J connectivity index is 2.43. The van der Waals surface area contributed by atoms with Crippen LogP contribution in [0, 0.1) is 0 Å². The fourth-order valence-electron chi connectivity index (χ4n) is 1.60. The Morgan fingerprint density at radius 3 is 2.53 bits per heavy atom. The summed E-state index contributed by atoms with van der Waals surface area (Å²) in [6.45, 7) is 3.26. The third-order valence-corrected chi connectivity index (χ3v) is 2.97. The Hall–Kier alpha value is -0.610. The zero-order valence-corrected chi connectivity index (χ0v) is 11.1. The Morgan fingerprint density at radius 1 is 1.35 bits per heavy atom. The topological polar surface area (TPSA) is 41.5 Å². The predicted molar refractivity (Wildman–Crippen MR) is 70.4 cm³/mol. The van der Waals surface area contributed by atoms with E-state index in [9.17, 15) is 5.11 Å². The molecule has 0 saturated heterocycles. The maximum absolute atomic E-state index is 9.98. The molecule has 2 atom stereocenters. The van der Waals surface area contributed by atoms with Crippen LogP contribution in [0.15, 0.2) is 24.3 Å². The molecule has 0 bridgehead atoms. The highest BCUT2D eigenvalue weighted by Gasteiger charge is 2.10. The van der Waals surface area contributed by atoms with Gasteiger partial charge < -0.3 is 15.2 Å². The van der Waals surface area contributed by atoms with Gasteiger partial charge in [0.05, 0.1) is 12.7 Å². The predicted octanol–water partition coefficient (Wildman–Crippen LogP) is 2.39. The molecule has 0 amide bonds. The monoisotopic (exact) mass is 257 g/mol. The Morgan fingerprint density at radius 2 is 2.00 bits per heavy atom. The number of aliphatic hydroxyl groups is 1. The molecule has 0 aliphatic heterocycles. The van der Waals surface area contributed by atoms with Gasteiger partial charge in [0, 0.05) is 24.7 Å². The minimum atomic E-state index is -0.516. The van der Waals surface area contributed by atoms with E-state index in [2.05, 4.69) is 12.2 Å². The molecule has 0 radical (unpaired) electrons. The molecule has 2 N–H and O–H groups in total. The second kappa shape index (κ2) is 7.67. The van der Waals surface area contributed by atoms with Gasteiger partial charge in [-0.25, -0.2) is 0 Å². The van der Waals surface area contributed by atoms with Crippen molar-refractivity contribution in [3.8, 4) is 0 Å². The first-order chi connectivity index (χ1) is 8.17. The number of aliphatic hydroxyl groups excluding tert-OH is 1. The average molecular weight is 258 g/mol. The first kappa shape index (κ1) is 14.5. The molecule has 1 rings (SSSR count). The minimum Gasteiger partial charge on any atom is -0.387 e. The molecule has 17 heavy (non-hydrogen) atoms. The zero-order valence-electron chi connectivity index (χ0n) is 10.3. The van der Waals surface area contributed by atoms with E-state index in [-0.39, 0.29) is 6.04 Å². The Labute approximate surface area is 108 Å². The van der Waals surface area contributed by atoms with Crippen LogP contribution < -0.4 is 5.32 Å². The van der Waals surface area contributed by atoms with Crippen molar-refractivity contribution in [1.82, 2.24) is 5.32 Å². The lowest BCUT2D eigenvalue weighted by Crippen LogP contribution is -2.35. The summed E-state index contributed by atoms with van der Waals surface area (Å²) >= 11 is 5.79. The Kier molecular flexibility index (Phi) is 6.52. The lowest BCUT2D eigenvalue weighted by atomic mass is 10.1. The smallest absolute Gasteiger partial charge is 0.0914 e. The molecule has 0 saturated carbocycles. The van der Waals surface area contributed by atoms with E-state index in [1.54, 1.807) is 19.2 Å². The van der Waals surface area contributed by atoms with Gasteiger partial charge in [-0.05, 0) is 24.1 Å². The summed E-state index contributed by atoms with van der Waals surface area (Å²) in [6.07, 6.45) is 0.458. The molecule has 96 valence electrons. The van der Waals surface area contributed by atoms with Crippen LogP contribution >= 0.6 is 11.6 Å². The Bertz CT molecular complexity index is 316. The largest absolute Gasteiger partial charge is 0.387 e. The van der Waals surface area contributed by atoms with Gasteiger partial charge in [-0.1, -0.05) is 30.7 Å². The van der Waals surface area contributed by atoms with Crippen molar-refractivity contribution in [2.24, 2.45) is 0 Å². The fraction of sp³-hybridized carbons (Fsp3) is 0.538. The van der Waals surface area contributed by atoms with E-state index in [0.29, 0.717) is 18.2 Å². The fourth-order valence-corrected chi connectivity index (χ4v) is 1.73. The summed E-state index contributed by atoms with van der Waals surface area (Å²) in [5, 5.41) is 13.9. The van der Waals surface area contributed by atoms with E-state index in [1.165, 1.54) is 0 Å². The number of benzene rings is 1. The number of hydrogen-bond donors (Lipinski definition) is 2. The summed E-state index contributed by atoms with van der Waals surface area (Å²) < 4.78 is 5.09. The quantitative estimate of drug-likeness (QED) is 0.788. The van der Waals surface area contributed by atoms with Crippen molar-refractivity contribution in [3.05, 3.63) is 34.9 Å². The first-order valence-electron chi connectivity index (χ1n) is 5.83. The van der Waals surface area contributed by atoms with Gasteiger partial charge in [-0.2, -0.15) is 0 Å². The third kappa shape index (κ3) is 5.04. The number of ether oxygens (including phenoxy) is 1. The van der Waals surface area contributed by atoms with Crippen molar-refractivity contribution < 1.29 is 9.84 Å². The summed E-state index contributed by atoms with van der Waals surface area (Å²) in [4.78, 5) is 0. The average Bonchev–Trinajstić information content (AvgIpc) is 2.35. The molecule has 0 aliphatic rings. The normalized spacial score (nSPS) is 14.6. The van der Waals surface area contributed by atoms with Gasteiger partial charge in [0.25, 0.3) is 0 Å². The van der Waals surface area contributed by atoms with Gasteiger partial charge in [-0.15, -0.1) is 0 Å². The number of rotatable bonds is 7. The van der Waals surface area contributed by atoms with Crippen LogP contribution in [0.4, 0.5) is 0 Å². The standard InChI is InChI=1S/C13H20ClNO2/c1-3-12(9-17-2)15-8-13(16)10-4-6-11(14)7-5-10/h4-7,12-13,15-16H,3,8-9H2,1-2H3. The zero-order chi connectivity index (χ0) is 12.7. The van der Waals surface area contributed by atoms with Gasteiger partial charge >= 0.3 is 0 Å². The van der Waals surface area contributed by atoms with E-state index in [1.807, 2.05) is 12.1 Å². The third-order valence-electron chi connectivity index (χ3n) is 2.72. The molecule has 0 fully saturated rings. The van der Waals surface area contributed by atoms with Crippen LogP contribution in [0.3, 0.4) is 0 Å². The lowest BCUT2D eigenvalue weighted by Gasteiger charge is -2.19. The molecule has 0 spiro atoms. The first-order valence-corrected chi connectivity index (χ1v) is 6.21. The van der Waals surface area contributed by atoms with Crippen LogP contribution in [-0.4, -0.2) is 31.4 Å². The van der Waals surface area contributed by atoms with Gasteiger partial charge in [-0.3, -0.25) is 0 Å². The second-order valence-corrected chi connectivity index (χ2v) is 4.47. The van der Waals surface area contributed by atoms with Gasteiger partial charge in [0.2, 0.25) is 0 Å². The molecular formula is C13H20ClNO2. The van der Waals surface area contributed by atoms with Crippen LogP contribution in [0.25, 0.3) is 0 Å². The second-order valence-electron chi connectivity index (χ2n) is 4.04. The summed E-state index contributed by atoms with van der Waals surface area (Å²) in [5.41, 5.74) is 0.870. The molecular weight excluding hydrogens is 238 g/mol. The SMILES string of the molecule is CCC(COC)NCC(O)c1ccc(Cl)cc1. The lowest BCUT2D eigenvalue weighted by molar-refractivity contribution is 0.137. The summed E-state index contributed by atoms with van der Waals surface area (Å²) in [6, 6.07) is 7.53. The molecule has 0 aromatic heterocycles. The van der Waals surface area contributed by atoms with E-state index in [4.69, 9.17) is 16.3 Å².